The zero-order valence-electron chi connectivity index (χ0n) is 12.8. The number of carbonyl (C=O) groups is 1. The molecule has 0 fully saturated rings. The quantitative estimate of drug-likeness (QED) is 0.588. The van der Waals surface area contributed by atoms with Crippen molar-refractivity contribution in [2.75, 3.05) is 39.5 Å². The van der Waals surface area contributed by atoms with Crippen molar-refractivity contribution >= 4 is 17.3 Å². The molecule has 1 amide bonds. The third-order valence-electron chi connectivity index (χ3n) is 3.04. The average molecular weight is 294 g/mol. The Hall–Kier alpha value is -2.15. The van der Waals surface area contributed by atoms with Crippen molar-refractivity contribution < 1.29 is 9.72 Å². The molecule has 7 heteroatoms. The molecule has 1 aromatic carbocycles. The van der Waals surface area contributed by atoms with E-state index in [9.17, 15) is 14.9 Å². The van der Waals surface area contributed by atoms with E-state index in [1.165, 1.54) is 23.1 Å². The predicted octanol–water partition coefficient (Wildman–Crippen LogP) is 1.56. The van der Waals surface area contributed by atoms with Gasteiger partial charge in [0.1, 0.15) is 5.69 Å². The predicted molar refractivity (Wildman–Crippen MR) is 82.7 cm³/mol. The van der Waals surface area contributed by atoms with Gasteiger partial charge in [0.25, 0.3) is 11.6 Å². The van der Waals surface area contributed by atoms with Crippen LogP contribution >= 0.6 is 0 Å². The molecule has 0 saturated carbocycles. The number of amides is 1. The van der Waals surface area contributed by atoms with E-state index >= 15 is 0 Å². The fraction of sp³-hybridized carbons (Fsp3) is 0.500. The second-order valence-electron chi connectivity index (χ2n) is 5.23. The lowest BCUT2D eigenvalue weighted by molar-refractivity contribution is -0.384. The Morgan fingerprint density at radius 2 is 2.05 bits per heavy atom. The number of rotatable bonds is 7. The Bertz CT molecular complexity index is 517. The maximum atomic E-state index is 11.9. The van der Waals surface area contributed by atoms with Crippen molar-refractivity contribution in [3.8, 4) is 0 Å². The van der Waals surface area contributed by atoms with Crippen LogP contribution in [0.15, 0.2) is 18.2 Å². The Morgan fingerprint density at radius 1 is 1.38 bits per heavy atom. The minimum Gasteiger partial charge on any atom is -0.379 e. The summed E-state index contributed by atoms with van der Waals surface area (Å²) in [6, 6.07) is 4.37. The van der Waals surface area contributed by atoms with Gasteiger partial charge in [-0.15, -0.1) is 0 Å². The van der Waals surface area contributed by atoms with Gasteiger partial charge in [-0.1, -0.05) is 6.92 Å². The van der Waals surface area contributed by atoms with E-state index in [1.807, 2.05) is 14.0 Å². The maximum absolute atomic E-state index is 11.9. The fourth-order valence-corrected chi connectivity index (χ4v) is 1.93. The van der Waals surface area contributed by atoms with Crippen molar-refractivity contribution in [2.45, 2.75) is 6.92 Å². The molecule has 0 spiro atoms. The van der Waals surface area contributed by atoms with Crippen LogP contribution in [0.2, 0.25) is 0 Å². The Morgan fingerprint density at radius 3 is 2.57 bits per heavy atom. The molecule has 1 atom stereocenters. The van der Waals surface area contributed by atoms with Gasteiger partial charge in [-0.05, 0) is 31.6 Å². The standard InChI is InChI=1S/C14H22N4O3/c1-10(8-15-2)9-16-12-7-11(14(19)17(3)4)5-6-13(12)18(20)21/h5-7,10,15-16H,8-9H2,1-4H3. The number of nitro groups is 1. The van der Waals surface area contributed by atoms with Gasteiger partial charge in [0, 0.05) is 32.3 Å². The van der Waals surface area contributed by atoms with Gasteiger partial charge in [0.15, 0.2) is 0 Å². The lowest BCUT2D eigenvalue weighted by Crippen LogP contribution is -2.24. The summed E-state index contributed by atoms with van der Waals surface area (Å²) in [5.41, 5.74) is 0.770. The molecule has 1 rings (SSSR count). The van der Waals surface area contributed by atoms with Gasteiger partial charge >= 0.3 is 0 Å². The van der Waals surface area contributed by atoms with E-state index < -0.39 is 4.92 Å². The number of hydrogen-bond acceptors (Lipinski definition) is 5. The van der Waals surface area contributed by atoms with Crippen LogP contribution in [0, 0.1) is 16.0 Å². The summed E-state index contributed by atoms with van der Waals surface area (Å²) in [6.07, 6.45) is 0. The highest BCUT2D eigenvalue weighted by Crippen LogP contribution is 2.26. The van der Waals surface area contributed by atoms with E-state index in [4.69, 9.17) is 0 Å². The molecule has 0 bridgehead atoms. The molecule has 0 saturated heterocycles. The number of nitro benzene ring substituents is 1. The van der Waals surface area contributed by atoms with Crippen LogP contribution in [-0.2, 0) is 0 Å². The van der Waals surface area contributed by atoms with Gasteiger partial charge in [-0.3, -0.25) is 14.9 Å². The minimum atomic E-state index is -0.449. The zero-order chi connectivity index (χ0) is 16.0. The van der Waals surface area contributed by atoms with E-state index in [2.05, 4.69) is 10.6 Å². The lowest BCUT2D eigenvalue weighted by atomic mass is 10.1. The van der Waals surface area contributed by atoms with Crippen LogP contribution in [0.25, 0.3) is 0 Å². The zero-order valence-corrected chi connectivity index (χ0v) is 12.8. The molecule has 0 heterocycles. The highest BCUT2D eigenvalue weighted by molar-refractivity contribution is 5.95. The molecule has 0 aliphatic heterocycles. The topological polar surface area (TPSA) is 87.5 Å². The third-order valence-corrected chi connectivity index (χ3v) is 3.04. The summed E-state index contributed by atoms with van der Waals surface area (Å²) in [6.45, 7) is 3.42. The van der Waals surface area contributed by atoms with Gasteiger partial charge in [0.05, 0.1) is 4.92 Å². The van der Waals surface area contributed by atoms with Crippen molar-refractivity contribution in [2.24, 2.45) is 5.92 Å². The van der Waals surface area contributed by atoms with Crippen LogP contribution in [0.1, 0.15) is 17.3 Å². The van der Waals surface area contributed by atoms with Crippen molar-refractivity contribution in [1.82, 2.24) is 10.2 Å². The number of nitrogens with zero attached hydrogens (tertiary/aromatic N) is 2. The van der Waals surface area contributed by atoms with E-state index in [0.29, 0.717) is 23.7 Å². The van der Waals surface area contributed by atoms with Gasteiger partial charge in [-0.2, -0.15) is 0 Å². The van der Waals surface area contributed by atoms with Gasteiger partial charge in [0.2, 0.25) is 0 Å². The number of hydrogen-bond donors (Lipinski definition) is 2. The normalized spacial score (nSPS) is 11.8. The molecule has 0 aliphatic rings. The number of nitrogens with one attached hydrogen (secondary N) is 2. The summed E-state index contributed by atoms with van der Waals surface area (Å²) in [4.78, 5) is 24.0. The monoisotopic (exact) mass is 294 g/mol. The van der Waals surface area contributed by atoms with Crippen LogP contribution in [0.4, 0.5) is 11.4 Å². The van der Waals surface area contributed by atoms with E-state index in [1.54, 1.807) is 14.1 Å². The lowest BCUT2D eigenvalue weighted by Gasteiger charge is -2.15. The Balaban J connectivity index is 2.99. The van der Waals surface area contributed by atoms with E-state index in [-0.39, 0.29) is 11.6 Å². The molecule has 116 valence electrons. The van der Waals surface area contributed by atoms with Crippen LogP contribution in [0.3, 0.4) is 0 Å². The second kappa shape index (κ2) is 7.58. The van der Waals surface area contributed by atoms with Crippen LogP contribution < -0.4 is 10.6 Å². The average Bonchev–Trinajstić information content (AvgIpc) is 2.44. The highest BCUT2D eigenvalue weighted by atomic mass is 16.6. The summed E-state index contributed by atoms with van der Waals surface area (Å²) in [7, 11) is 5.15. The molecular weight excluding hydrogens is 272 g/mol. The minimum absolute atomic E-state index is 0.0260. The summed E-state index contributed by atoms with van der Waals surface area (Å²) in [5.74, 6) is 0.124. The van der Waals surface area contributed by atoms with Gasteiger partial charge in [-0.25, -0.2) is 0 Å². The molecule has 7 nitrogen and oxygen atoms in total. The van der Waals surface area contributed by atoms with Gasteiger partial charge < -0.3 is 15.5 Å². The summed E-state index contributed by atoms with van der Waals surface area (Å²) in [5, 5.41) is 17.2. The van der Waals surface area contributed by atoms with Crippen molar-refractivity contribution in [3.63, 3.8) is 0 Å². The Kier molecular flexibility index (Phi) is 6.10. The smallest absolute Gasteiger partial charge is 0.292 e. The van der Waals surface area contributed by atoms with Crippen LogP contribution in [-0.4, -0.2) is 50.0 Å². The summed E-state index contributed by atoms with van der Waals surface area (Å²) < 4.78 is 0. The number of benzene rings is 1. The first-order valence-electron chi connectivity index (χ1n) is 6.75. The first-order chi connectivity index (χ1) is 9.86. The van der Waals surface area contributed by atoms with Crippen molar-refractivity contribution in [1.29, 1.82) is 0 Å². The molecule has 1 unspecified atom stereocenters. The Labute approximate surface area is 124 Å². The van der Waals surface area contributed by atoms with Crippen molar-refractivity contribution in [3.05, 3.63) is 33.9 Å². The molecule has 2 N–H and O–H groups in total. The summed E-state index contributed by atoms with van der Waals surface area (Å²) >= 11 is 0. The first kappa shape index (κ1) is 16.9. The molecule has 1 aromatic rings. The molecule has 21 heavy (non-hydrogen) atoms. The molecule has 0 radical (unpaired) electrons. The highest BCUT2D eigenvalue weighted by Gasteiger charge is 2.18. The van der Waals surface area contributed by atoms with E-state index in [0.717, 1.165) is 6.54 Å². The molecule has 0 aliphatic carbocycles. The second-order valence-corrected chi connectivity index (χ2v) is 5.23. The first-order valence-corrected chi connectivity index (χ1v) is 6.75. The largest absolute Gasteiger partial charge is 0.379 e. The number of anilines is 1. The number of carbonyl (C=O) groups excluding carboxylic acids is 1. The molecular formula is C14H22N4O3. The van der Waals surface area contributed by atoms with Crippen LogP contribution in [0.5, 0.6) is 0 Å². The maximum Gasteiger partial charge on any atom is 0.292 e. The SMILES string of the molecule is CNCC(C)CNc1cc(C(=O)N(C)C)ccc1[N+](=O)[O-]. The fourth-order valence-electron chi connectivity index (χ4n) is 1.93. The molecule has 0 aromatic heterocycles. The third kappa shape index (κ3) is 4.71.